The Kier molecular flexibility index (Phi) is 20.0. The van der Waals surface area contributed by atoms with Crippen LogP contribution in [0.25, 0.3) is 0 Å². The molecule has 8 nitrogen and oxygen atoms in total. The van der Waals surface area contributed by atoms with E-state index in [4.69, 9.17) is 18.5 Å². The average molecular weight is 611 g/mol. The molecular weight excluding hydrogens is 551 g/mol. The van der Waals surface area contributed by atoms with Crippen molar-refractivity contribution in [2.45, 2.75) is 123 Å². The highest BCUT2D eigenvalue weighted by Crippen LogP contribution is 2.44. The normalized spacial score (nSPS) is 15.3. The van der Waals surface area contributed by atoms with Crippen molar-refractivity contribution in [1.29, 1.82) is 0 Å². The van der Waals surface area contributed by atoms with E-state index in [1.165, 1.54) is 77.0 Å². The van der Waals surface area contributed by atoms with Crippen molar-refractivity contribution >= 4 is 7.82 Å². The Bertz CT molecular complexity index is 869. The van der Waals surface area contributed by atoms with Gasteiger partial charge in [-0.25, -0.2) is 4.57 Å². The molecule has 9 heteroatoms. The van der Waals surface area contributed by atoms with E-state index in [9.17, 15) is 9.46 Å². The number of unbranched alkanes of at least 4 members (excludes halogenated alkanes) is 13. The van der Waals surface area contributed by atoms with E-state index in [-0.39, 0.29) is 6.61 Å². The van der Waals surface area contributed by atoms with Gasteiger partial charge >= 0.3 is 7.82 Å². The Labute approximate surface area is 256 Å². The second-order valence-electron chi connectivity index (χ2n) is 11.3. The lowest BCUT2D eigenvalue weighted by atomic mass is 10.0. The predicted octanol–water partition coefficient (Wildman–Crippen LogP) is 8.65. The van der Waals surface area contributed by atoms with Gasteiger partial charge in [0.05, 0.1) is 19.9 Å². The standard InChI is InChI=1S/C33H59N2O6P/c1-4-7-8-9-10-11-12-13-14-15-16-17-18-19-26-38-28-33(39-6-3)29-40-42(36,37)41-32-22-20-31(21-23-32)27-35-25-24-34(5-2)30-35/h20-25,33H,4-19,26-30H2,1-3H3,(H,36,37). The molecule has 242 valence electrons. The van der Waals surface area contributed by atoms with Crippen LogP contribution in [0, 0.1) is 0 Å². The molecule has 0 amide bonds. The van der Waals surface area contributed by atoms with Gasteiger partial charge in [-0.3, -0.25) is 9.42 Å². The number of hydrogen-bond acceptors (Lipinski definition) is 7. The summed E-state index contributed by atoms with van der Waals surface area (Å²) in [5.74, 6) is 0.291. The minimum atomic E-state index is -4.29. The maximum absolute atomic E-state index is 12.5. The van der Waals surface area contributed by atoms with Crippen molar-refractivity contribution in [3.8, 4) is 5.75 Å². The van der Waals surface area contributed by atoms with E-state index in [0.29, 0.717) is 25.6 Å². The van der Waals surface area contributed by atoms with Gasteiger partial charge < -0.3 is 23.8 Å². The van der Waals surface area contributed by atoms with E-state index >= 15 is 0 Å². The van der Waals surface area contributed by atoms with Crippen LogP contribution in [0.1, 0.15) is 116 Å². The molecule has 0 bridgehead atoms. The van der Waals surface area contributed by atoms with Crippen molar-refractivity contribution in [3.63, 3.8) is 0 Å². The van der Waals surface area contributed by atoms with Crippen molar-refractivity contribution in [3.05, 3.63) is 42.2 Å². The summed E-state index contributed by atoms with van der Waals surface area (Å²) in [7, 11) is -4.29. The number of phosphoric acid groups is 1. The van der Waals surface area contributed by atoms with Crippen LogP contribution < -0.4 is 4.52 Å². The zero-order valence-corrected chi connectivity index (χ0v) is 27.6. The SMILES string of the molecule is CCCCCCCCCCCCCCCCOCC(COP(=O)(O)Oc1ccc(CN2C=CN(CC)C2)cc1)OCC. The molecule has 2 unspecified atom stereocenters. The van der Waals surface area contributed by atoms with Crippen LogP contribution >= 0.6 is 7.82 Å². The summed E-state index contributed by atoms with van der Waals surface area (Å²) in [5, 5.41) is 0. The molecule has 1 heterocycles. The lowest BCUT2D eigenvalue weighted by molar-refractivity contribution is -0.0373. The van der Waals surface area contributed by atoms with Gasteiger partial charge in [-0.05, 0) is 38.0 Å². The molecule has 0 spiro atoms. The highest BCUT2D eigenvalue weighted by atomic mass is 31.2. The van der Waals surface area contributed by atoms with E-state index in [0.717, 1.165) is 38.2 Å². The first-order valence-electron chi connectivity index (χ1n) is 16.6. The Morgan fingerprint density at radius 2 is 1.36 bits per heavy atom. The maximum atomic E-state index is 12.5. The number of rotatable bonds is 27. The molecule has 1 aromatic rings. The molecule has 0 saturated carbocycles. The van der Waals surface area contributed by atoms with Crippen LogP contribution in [-0.2, 0) is 25.1 Å². The predicted molar refractivity (Wildman–Crippen MR) is 171 cm³/mol. The van der Waals surface area contributed by atoms with Gasteiger partial charge in [-0.1, -0.05) is 103 Å². The van der Waals surface area contributed by atoms with E-state index in [1.807, 2.05) is 19.1 Å². The lowest BCUT2D eigenvalue weighted by Crippen LogP contribution is -2.26. The zero-order chi connectivity index (χ0) is 30.3. The molecule has 0 aromatic heterocycles. The molecular formula is C33H59N2O6P. The molecule has 42 heavy (non-hydrogen) atoms. The Balaban J connectivity index is 1.51. The van der Waals surface area contributed by atoms with Gasteiger partial charge in [-0.2, -0.15) is 0 Å². The zero-order valence-electron chi connectivity index (χ0n) is 26.7. The summed E-state index contributed by atoms with van der Waals surface area (Å²) in [5.41, 5.74) is 1.09. The second kappa shape index (κ2) is 22.9. The fourth-order valence-electron chi connectivity index (χ4n) is 5.04. The molecule has 0 aliphatic carbocycles. The van der Waals surface area contributed by atoms with Crippen LogP contribution in [0.3, 0.4) is 0 Å². The smallest absolute Gasteiger partial charge is 0.404 e. The summed E-state index contributed by atoms with van der Waals surface area (Å²) in [6, 6.07) is 7.18. The molecule has 0 saturated heterocycles. The first-order chi connectivity index (χ1) is 20.5. The van der Waals surface area contributed by atoms with Gasteiger partial charge in [0.15, 0.2) is 0 Å². The monoisotopic (exact) mass is 610 g/mol. The highest BCUT2D eigenvalue weighted by Gasteiger charge is 2.25. The third-order valence-corrected chi connectivity index (χ3v) is 8.48. The fourth-order valence-corrected chi connectivity index (χ4v) is 5.84. The topological polar surface area (TPSA) is 80.7 Å². The minimum absolute atomic E-state index is 0.0757. The molecule has 1 aromatic carbocycles. The number of benzene rings is 1. The first-order valence-corrected chi connectivity index (χ1v) is 18.1. The molecule has 2 rings (SSSR count). The molecule has 1 aliphatic heterocycles. The Morgan fingerprint density at radius 1 is 0.786 bits per heavy atom. The van der Waals surface area contributed by atoms with E-state index in [2.05, 4.69) is 36.0 Å². The summed E-state index contributed by atoms with van der Waals surface area (Å²) < 4.78 is 34.5. The fraction of sp³-hybridized carbons (Fsp3) is 0.758. The minimum Gasteiger partial charge on any atom is -0.404 e. The quantitative estimate of drug-likeness (QED) is 0.0783. The Morgan fingerprint density at radius 3 is 1.90 bits per heavy atom. The molecule has 1 aliphatic rings. The van der Waals surface area contributed by atoms with Gasteiger partial charge in [-0.15, -0.1) is 0 Å². The Hall–Kier alpha value is -1.57. The van der Waals surface area contributed by atoms with E-state index < -0.39 is 13.9 Å². The van der Waals surface area contributed by atoms with Gasteiger partial charge in [0.25, 0.3) is 0 Å². The summed E-state index contributed by atoms with van der Waals surface area (Å²) in [6.45, 7) is 10.2. The number of nitrogens with zero attached hydrogens (tertiary/aromatic N) is 2. The lowest BCUT2D eigenvalue weighted by Gasteiger charge is -2.20. The van der Waals surface area contributed by atoms with Crippen molar-refractivity contribution in [2.24, 2.45) is 0 Å². The van der Waals surface area contributed by atoms with Crippen LogP contribution in [-0.4, -0.2) is 60.4 Å². The van der Waals surface area contributed by atoms with Crippen LogP contribution in [0.4, 0.5) is 0 Å². The number of phosphoric ester groups is 1. The largest absolute Gasteiger partial charge is 0.527 e. The summed E-state index contributed by atoms with van der Waals surface area (Å²) in [4.78, 5) is 14.7. The first kappa shape index (κ1) is 36.6. The molecule has 2 atom stereocenters. The third kappa shape index (κ3) is 17.5. The van der Waals surface area contributed by atoms with Gasteiger partial charge in [0.1, 0.15) is 11.9 Å². The molecule has 0 radical (unpaired) electrons. The summed E-state index contributed by atoms with van der Waals surface area (Å²) >= 11 is 0. The second-order valence-corrected chi connectivity index (χ2v) is 12.7. The van der Waals surface area contributed by atoms with Crippen LogP contribution in [0.5, 0.6) is 5.75 Å². The van der Waals surface area contributed by atoms with Crippen molar-refractivity contribution in [2.75, 3.05) is 39.6 Å². The van der Waals surface area contributed by atoms with Gasteiger partial charge in [0, 0.05) is 38.7 Å². The third-order valence-electron chi connectivity index (χ3n) is 7.56. The van der Waals surface area contributed by atoms with Crippen molar-refractivity contribution < 1.29 is 28.0 Å². The number of ether oxygens (including phenoxy) is 2. The van der Waals surface area contributed by atoms with Crippen LogP contribution in [0.2, 0.25) is 0 Å². The molecule has 1 N–H and O–H groups in total. The average Bonchev–Trinajstić information content (AvgIpc) is 3.44. The maximum Gasteiger partial charge on any atom is 0.527 e. The summed E-state index contributed by atoms with van der Waals surface area (Å²) in [6.07, 6.45) is 22.3. The highest BCUT2D eigenvalue weighted by molar-refractivity contribution is 7.47. The van der Waals surface area contributed by atoms with Crippen LogP contribution in [0.15, 0.2) is 36.7 Å². The van der Waals surface area contributed by atoms with E-state index in [1.54, 1.807) is 12.1 Å². The molecule has 0 fully saturated rings. The van der Waals surface area contributed by atoms with Crippen molar-refractivity contribution in [1.82, 2.24) is 9.80 Å². The number of hydrogen-bond donors (Lipinski definition) is 1. The van der Waals surface area contributed by atoms with Gasteiger partial charge in [0.2, 0.25) is 0 Å².